The average Bonchev–Trinajstić information content (AvgIpc) is 3.52. The molecule has 0 bridgehead atoms. The lowest BCUT2D eigenvalue weighted by molar-refractivity contribution is 0.0954. The molecule has 0 unspecified atom stereocenters. The van der Waals surface area contributed by atoms with Gasteiger partial charge in [0.1, 0.15) is 10.8 Å². The lowest BCUT2D eigenvalue weighted by atomic mass is 10.0. The number of thiophene rings is 1. The number of aromatic nitrogens is 5. The predicted molar refractivity (Wildman–Crippen MR) is 136 cm³/mol. The molecule has 4 aromatic heterocycles. The highest BCUT2D eigenvalue weighted by Crippen LogP contribution is 2.30. The number of pyridine rings is 2. The molecule has 174 valence electrons. The zero-order valence-corrected chi connectivity index (χ0v) is 20.3. The third-order valence-corrected chi connectivity index (χ3v) is 6.57. The molecule has 0 aliphatic rings. The number of rotatable bonds is 6. The van der Waals surface area contributed by atoms with Gasteiger partial charge in [-0.1, -0.05) is 34.5 Å². The summed E-state index contributed by atoms with van der Waals surface area (Å²) >= 11 is 13.3. The van der Waals surface area contributed by atoms with Crippen LogP contribution in [0.3, 0.4) is 0 Å². The van der Waals surface area contributed by atoms with Crippen LogP contribution in [0.1, 0.15) is 15.4 Å². The second kappa shape index (κ2) is 9.83. The highest BCUT2D eigenvalue weighted by atomic mass is 35.5. The Balaban J connectivity index is 1.48. The molecular formula is C24H16Cl2N6O2S. The number of carbonyl (C=O) groups is 1. The molecule has 35 heavy (non-hydrogen) atoms. The number of halogens is 2. The molecule has 0 radical (unpaired) electrons. The van der Waals surface area contributed by atoms with Gasteiger partial charge in [-0.2, -0.15) is 0 Å². The zero-order valence-electron chi connectivity index (χ0n) is 17.9. The van der Waals surface area contributed by atoms with Gasteiger partial charge in [0.15, 0.2) is 0 Å². The molecule has 1 amide bonds. The number of carbonyl (C=O) groups excluding carboxylic acids is 1. The molecule has 11 heteroatoms. The van der Waals surface area contributed by atoms with Crippen LogP contribution in [0.2, 0.25) is 9.49 Å². The van der Waals surface area contributed by atoms with Gasteiger partial charge in [-0.25, -0.2) is 9.67 Å². The summed E-state index contributed by atoms with van der Waals surface area (Å²) in [6.07, 6.45) is 5.05. The molecule has 1 aromatic carbocycles. The Morgan fingerprint density at radius 3 is 2.71 bits per heavy atom. The Morgan fingerprint density at radius 1 is 1.06 bits per heavy atom. The van der Waals surface area contributed by atoms with Gasteiger partial charge in [-0.3, -0.25) is 14.2 Å². The van der Waals surface area contributed by atoms with E-state index in [1.54, 1.807) is 58.2 Å². The van der Waals surface area contributed by atoms with Gasteiger partial charge in [0.25, 0.3) is 11.5 Å². The van der Waals surface area contributed by atoms with E-state index in [1.807, 2.05) is 24.3 Å². The topological polar surface area (TPSA) is 94.7 Å². The van der Waals surface area contributed by atoms with E-state index in [4.69, 9.17) is 23.2 Å². The molecule has 0 atom stereocenters. The van der Waals surface area contributed by atoms with Crippen molar-refractivity contribution in [3.8, 4) is 22.5 Å². The predicted octanol–water partition coefficient (Wildman–Crippen LogP) is 4.78. The van der Waals surface area contributed by atoms with Crippen molar-refractivity contribution in [1.29, 1.82) is 0 Å². The molecule has 0 aliphatic heterocycles. The Morgan fingerprint density at radius 2 is 1.94 bits per heavy atom. The summed E-state index contributed by atoms with van der Waals surface area (Å²) in [7, 11) is 0. The minimum atomic E-state index is -0.235. The maximum Gasteiger partial charge on any atom is 0.261 e. The van der Waals surface area contributed by atoms with Crippen LogP contribution in [0.25, 0.3) is 22.5 Å². The Labute approximate surface area is 213 Å². The smallest absolute Gasteiger partial charge is 0.261 e. The van der Waals surface area contributed by atoms with Crippen molar-refractivity contribution in [2.24, 2.45) is 0 Å². The maximum absolute atomic E-state index is 12.4. The fourth-order valence-electron chi connectivity index (χ4n) is 3.51. The summed E-state index contributed by atoms with van der Waals surface area (Å²) in [5.41, 5.74) is 3.40. The van der Waals surface area contributed by atoms with Crippen LogP contribution in [-0.4, -0.2) is 30.5 Å². The molecule has 0 aliphatic carbocycles. The molecule has 5 aromatic rings. The van der Waals surface area contributed by atoms with Crippen molar-refractivity contribution in [1.82, 2.24) is 29.9 Å². The SMILES string of the molecule is O=C(NCc1cn(-c2ccc(-n3ccccc3=O)cc2-c2ccnc(Cl)c2)nn1)c1ccc(Cl)s1. The minimum Gasteiger partial charge on any atom is -0.346 e. The Kier molecular flexibility index (Phi) is 6.45. The normalized spacial score (nSPS) is 10.9. The number of benzene rings is 1. The minimum absolute atomic E-state index is 0.148. The maximum atomic E-state index is 12.4. The number of hydrogen-bond acceptors (Lipinski definition) is 6. The molecule has 5 rings (SSSR count). The average molecular weight is 523 g/mol. The van der Waals surface area contributed by atoms with Gasteiger partial charge < -0.3 is 5.32 Å². The summed E-state index contributed by atoms with van der Waals surface area (Å²) in [4.78, 5) is 29.3. The van der Waals surface area contributed by atoms with Crippen molar-refractivity contribution in [2.75, 3.05) is 0 Å². The lowest BCUT2D eigenvalue weighted by Gasteiger charge is -2.13. The van der Waals surface area contributed by atoms with Crippen LogP contribution in [0.5, 0.6) is 0 Å². The molecule has 4 heterocycles. The van der Waals surface area contributed by atoms with E-state index in [-0.39, 0.29) is 18.0 Å². The van der Waals surface area contributed by atoms with E-state index in [0.717, 1.165) is 16.8 Å². The summed E-state index contributed by atoms with van der Waals surface area (Å²) in [6, 6.07) is 17.5. The molecule has 8 nitrogen and oxygen atoms in total. The molecule has 1 N–H and O–H groups in total. The number of hydrogen-bond donors (Lipinski definition) is 1. The van der Waals surface area contributed by atoms with Crippen molar-refractivity contribution < 1.29 is 4.79 Å². The first-order chi connectivity index (χ1) is 17.0. The molecular weight excluding hydrogens is 507 g/mol. The fraction of sp³-hybridized carbons (Fsp3) is 0.0417. The molecule has 0 spiro atoms. The van der Waals surface area contributed by atoms with Crippen LogP contribution in [0, 0.1) is 0 Å². The van der Waals surface area contributed by atoms with E-state index in [2.05, 4.69) is 20.6 Å². The standard InChI is InChI=1S/C24H16Cl2N6O2S/c25-21-11-15(8-9-27-21)18-12-17(31-10-2-1-3-23(31)33)4-5-19(18)32-14-16(29-30-32)13-28-24(34)20-6-7-22(26)35-20/h1-12,14H,13H2,(H,28,34). The first-order valence-corrected chi connectivity index (χ1v) is 11.9. The second-order valence-corrected chi connectivity index (χ2v) is 9.52. The van der Waals surface area contributed by atoms with Gasteiger partial charge in [-0.15, -0.1) is 16.4 Å². The van der Waals surface area contributed by atoms with E-state index in [0.29, 0.717) is 25.7 Å². The van der Waals surface area contributed by atoms with Crippen LogP contribution >= 0.6 is 34.5 Å². The molecule has 0 saturated carbocycles. The molecule has 0 fully saturated rings. The van der Waals surface area contributed by atoms with Crippen LogP contribution < -0.4 is 10.9 Å². The van der Waals surface area contributed by atoms with Gasteiger partial charge in [0.05, 0.1) is 27.6 Å². The fourth-order valence-corrected chi connectivity index (χ4v) is 4.64. The third kappa shape index (κ3) is 5.02. The van der Waals surface area contributed by atoms with Crippen molar-refractivity contribution in [3.05, 3.63) is 110 Å². The van der Waals surface area contributed by atoms with E-state index in [9.17, 15) is 9.59 Å². The largest absolute Gasteiger partial charge is 0.346 e. The lowest BCUT2D eigenvalue weighted by Crippen LogP contribution is -2.21. The van der Waals surface area contributed by atoms with Crippen molar-refractivity contribution >= 4 is 40.4 Å². The van der Waals surface area contributed by atoms with Crippen molar-refractivity contribution in [3.63, 3.8) is 0 Å². The van der Waals surface area contributed by atoms with Crippen LogP contribution in [-0.2, 0) is 6.54 Å². The first kappa shape index (κ1) is 23.0. The monoisotopic (exact) mass is 522 g/mol. The number of nitrogens with zero attached hydrogens (tertiary/aromatic N) is 5. The highest BCUT2D eigenvalue weighted by Gasteiger charge is 2.14. The Hall–Kier alpha value is -3.79. The highest BCUT2D eigenvalue weighted by molar-refractivity contribution is 7.18. The van der Waals surface area contributed by atoms with E-state index >= 15 is 0 Å². The van der Waals surface area contributed by atoms with Crippen LogP contribution in [0.15, 0.2) is 84.0 Å². The number of amides is 1. The summed E-state index contributed by atoms with van der Waals surface area (Å²) in [5, 5.41) is 11.6. The van der Waals surface area contributed by atoms with Crippen molar-refractivity contribution in [2.45, 2.75) is 6.54 Å². The summed E-state index contributed by atoms with van der Waals surface area (Å²) in [6.45, 7) is 0.197. The molecule has 0 saturated heterocycles. The first-order valence-electron chi connectivity index (χ1n) is 10.4. The number of nitrogens with one attached hydrogen (secondary N) is 1. The zero-order chi connectivity index (χ0) is 24.4. The van der Waals surface area contributed by atoms with Gasteiger partial charge in [-0.05, 0) is 54.1 Å². The second-order valence-electron chi connectivity index (χ2n) is 7.42. The van der Waals surface area contributed by atoms with E-state index < -0.39 is 0 Å². The van der Waals surface area contributed by atoms with Gasteiger partial charge in [0, 0.05) is 29.7 Å². The Bertz CT molecular complexity index is 1590. The van der Waals surface area contributed by atoms with Crippen LogP contribution in [0.4, 0.5) is 0 Å². The van der Waals surface area contributed by atoms with Gasteiger partial charge in [0.2, 0.25) is 0 Å². The summed E-state index contributed by atoms with van der Waals surface area (Å²) in [5.74, 6) is -0.235. The summed E-state index contributed by atoms with van der Waals surface area (Å²) < 4.78 is 3.71. The quantitative estimate of drug-likeness (QED) is 0.324. The third-order valence-electron chi connectivity index (χ3n) is 5.13. The van der Waals surface area contributed by atoms with Gasteiger partial charge >= 0.3 is 0 Å². The van der Waals surface area contributed by atoms with E-state index in [1.165, 1.54) is 17.4 Å².